The molecule has 3 atom stereocenters. The molecule has 2 saturated heterocycles. The number of furan rings is 1. The van der Waals surface area contributed by atoms with Gasteiger partial charge in [-0.05, 0) is 45.2 Å². The molecule has 0 saturated carbocycles. The summed E-state index contributed by atoms with van der Waals surface area (Å²) in [7, 11) is 0. The lowest BCUT2D eigenvalue weighted by Crippen LogP contribution is -2.36. The molecule has 2 fully saturated rings. The third kappa shape index (κ3) is 2.26. The van der Waals surface area contributed by atoms with Gasteiger partial charge >= 0.3 is 0 Å². The van der Waals surface area contributed by atoms with Crippen LogP contribution in [-0.4, -0.2) is 30.1 Å². The highest BCUT2D eigenvalue weighted by Gasteiger charge is 2.31. The van der Waals surface area contributed by atoms with Crippen molar-refractivity contribution in [2.45, 2.75) is 51.2 Å². The molecule has 2 aliphatic heterocycles. The summed E-state index contributed by atoms with van der Waals surface area (Å²) in [6.45, 7) is 6.63. The number of nitrogens with one attached hydrogen (secondary N) is 1. The molecule has 2 aliphatic rings. The van der Waals surface area contributed by atoms with Gasteiger partial charge in [-0.1, -0.05) is 0 Å². The minimum Gasteiger partial charge on any atom is -0.465 e. The van der Waals surface area contributed by atoms with Gasteiger partial charge < -0.3 is 9.73 Å². The minimum absolute atomic E-state index is 0.407. The maximum atomic E-state index is 5.76. The molecule has 1 aromatic heterocycles. The fraction of sp³-hybridized carbons (Fsp3) is 0.714. The maximum absolute atomic E-state index is 5.76. The van der Waals surface area contributed by atoms with Crippen LogP contribution >= 0.6 is 0 Å². The van der Waals surface area contributed by atoms with Crippen LogP contribution in [0.25, 0.3) is 0 Å². The van der Waals surface area contributed by atoms with E-state index in [-0.39, 0.29) is 0 Å². The average molecular weight is 234 g/mol. The molecule has 1 N–H and O–H groups in total. The zero-order valence-corrected chi connectivity index (χ0v) is 10.8. The second kappa shape index (κ2) is 4.46. The van der Waals surface area contributed by atoms with Crippen molar-refractivity contribution in [2.75, 3.05) is 13.1 Å². The maximum Gasteiger partial charge on any atom is 0.121 e. The first-order valence-corrected chi connectivity index (χ1v) is 6.79. The van der Waals surface area contributed by atoms with E-state index in [1.165, 1.54) is 25.8 Å². The lowest BCUT2D eigenvalue weighted by molar-refractivity contribution is 0.178. The van der Waals surface area contributed by atoms with Crippen molar-refractivity contribution in [3.63, 3.8) is 0 Å². The fourth-order valence-corrected chi connectivity index (χ4v) is 3.18. The number of rotatable bonds is 2. The number of hydrogen-bond donors (Lipinski definition) is 1. The fourth-order valence-electron chi connectivity index (χ4n) is 3.18. The SMILES string of the molecule is Cc1ccc(C(C)N2CCC3CCC(C2)N3)o1. The van der Waals surface area contributed by atoms with Crippen LogP contribution in [0.2, 0.25) is 0 Å². The Hall–Kier alpha value is -0.800. The minimum atomic E-state index is 0.407. The predicted molar refractivity (Wildman–Crippen MR) is 68.0 cm³/mol. The van der Waals surface area contributed by atoms with Gasteiger partial charge in [0.1, 0.15) is 11.5 Å². The Bertz CT molecular complexity index is 387. The Morgan fingerprint density at radius 1 is 1.29 bits per heavy atom. The highest BCUT2D eigenvalue weighted by Crippen LogP contribution is 2.28. The van der Waals surface area contributed by atoms with Crippen molar-refractivity contribution >= 4 is 0 Å². The van der Waals surface area contributed by atoms with E-state index >= 15 is 0 Å². The van der Waals surface area contributed by atoms with Crippen LogP contribution in [0.3, 0.4) is 0 Å². The standard InChI is InChI=1S/C14H22N2O/c1-10-3-6-14(17-10)11(2)16-8-7-12-4-5-13(9-16)15-12/h3,6,11-13,15H,4-5,7-9H2,1-2H3. The molecule has 3 nitrogen and oxygen atoms in total. The number of likely N-dealkylation sites (tertiary alicyclic amines) is 1. The topological polar surface area (TPSA) is 28.4 Å². The summed E-state index contributed by atoms with van der Waals surface area (Å²) in [5.74, 6) is 2.13. The van der Waals surface area contributed by atoms with Crippen molar-refractivity contribution in [1.29, 1.82) is 0 Å². The van der Waals surface area contributed by atoms with Gasteiger partial charge in [-0.15, -0.1) is 0 Å². The highest BCUT2D eigenvalue weighted by molar-refractivity contribution is 5.09. The lowest BCUT2D eigenvalue weighted by Gasteiger charge is -2.29. The Kier molecular flexibility index (Phi) is 2.97. The molecule has 94 valence electrons. The van der Waals surface area contributed by atoms with Crippen LogP contribution in [0.5, 0.6) is 0 Å². The molecule has 1 aromatic rings. The molecule has 0 amide bonds. The second-order valence-corrected chi connectivity index (χ2v) is 5.55. The van der Waals surface area contributed by atoms with Crippen molar-refractivity contribution in [1.82, 2.24) is 10.2 Å². The normalized spacial score (nSPS) is 31.4. The van der Waals surface area contributed by atoms with E-state index in [4.69, 9.17) is 4.42 Å². The Labute approximate surface area is 103 Å². The van der Waals surface area contributed by atoms with Crippen molar-refractivity contribution in [3.05, 3.63) is 23.7 Å². The van der Waals surface area contributed by atoms with Crippen molar-refractivity contribution in [2.24, 2.45) is 0 Å². The van der Waals surface area contributed by atoms with Gasteiger partial charge in [0, 0.05) is 25.2 Å². The molecular weight excluding hydrogens is 212 g/mol. The van der Waals surface area contributed by atoms with Crippen LogP contribution in [0.1, 0.15) is 43.7 Å². The van der Waals surface area contributed by atoms with Crippen LogP contribution in [0.15, 0.2) is 16.5 Å². The molecule has 0 radical (unpaired) electrons. The van der Waals surface area contributed by atoms with Crippen LogP contribution < -0.4 is 5.32 Å². The summed E-state index contributed by atoms with van der Waals surface area (Å²) in [5, 5.41) is 3.72. The zero-order chi connectivity index (χ0) is 11.8. The van der Waals surface area contributed by atoms with E-state index in [1.807, 2.05) is 6.92 Å². The van der Waals surface area contributed by atoms with Gasteiger partial charge in [-0.25, -0.2) is 0 Å². The summed E-state index contributed by atoms with van der Waals surface area (Å²) in [6.07, 6.45) is 3.98. The third-order valence-corrected chi connectivity index (χ3v) is 4.28. The van der Waals surface area contributed by atoms with E-state index in [0.717, 1.165) is 24.1 Å². The first-order valence-electron chi connectivity index (χ1n) is 6.79. The van der Waals surface area contributed by atoms with E-state index in [2.05, 4.69) is 29.3 Å². The molecular formula is C14H22N2O. The van der Waals surface area contributed by atoms with Gasteiger partial charge in [-0.3, -0.25) is 4.90 Å². The Morgan fingerprint density at radius 3 is 2.88 bits per heavy atom. The largest absolute Gasteiger partial charge is 0.465 e. The molecule has 3 unspecified atom stereocenters. The quantitative estimate of drug-likeness (QED) is 0.852. The number of hydrogen-bond acceptors (Lipinski definition) is 3. The number of fused-ring (bicyclic) bond motifs is 2. The van der Waals surface area contributed by atoms with Crippen LogP contribution in [0, 0.1) is 6.92 Å². The first kappa shape index (κ1) is 11.3. The average Bonchev–Trinajstić information content (AvgIpc) is 2.84. The molecule has 0 spiro atoms. The zero-order valence-electron chi connectivity index (χ0n) is 10.8. The van der Waals surface area contributed by atoms with Gasteiger partial charge in [0.25, 0.3) is 0 Å². The molecule has 3 heterocycles. The number of nitrogens with zero attached hydrogens (tertiary/aromatic N) is 1. The smallest absolute Gasteiger partial charge is 0.121 e. The third-order valence-electron chi connectivity index (χ3n) is 4.28. The van der Waals surface area contributed by atoms with Crippen molar-refractivity contribution < 1.29 is 4.42 Å². The Balaban J connectivity index is 1.71. The highest BCUT2D eigenvalue weighted by atomic mass is 16.3. The van der Waals surface area contributed by atoms with Gasteiger partial charge in [-0.2, -0.15) is 0 Å². The molecule has 3 heteroatoms. The molecule has 2 bridgehead atoms. The Morgan fingerprint density at radius 2 is 2.12 bits per heavy atom. The molecule has 0 aromatic carbocycles. The van der Waals surface area contributed by atoms with Gasteiger partial charge in [0.15, 0.2) is 0 Å². The first-order chi connectivity index (χ1) is 8.22. The summed E-state index contributed by atoms with van der Waals surface area (Å²) < 4.78 is 5.76. The lowest BCUT2D eigenvalue weighted by atomic mass is 10.1. The summed E-state index contributed by atoms with van der Waals surface area (Å²) in [5.41, 5.74) is 0. The monoisotopic (exact) mass is 234 g/mol. The van der Waals surface area contributed by atoms with E-state index < -0.39 is 0 Å². The molecule has 0 aliphatic carbocycles. The van der Waals surface area contributed by atoms with E-state index in [1.54, 1.807) is 0 Å². The van der Waals surface area contributed by atoms with E-state index in [0.29, 0.717) is 12.1 Å². The van der Waals surface area contributed by atoms with Crippen LogP contribution in [0.4, 0.5) is 0 Å². The van der Waals surface area contributed by atoms with Crippen molar-refractivity contribution in [3.8, 4) is 0 Å². The molecule has 17 heavy (non-hydrogen) atoms. The van der Waals surface area contributed by atoms with Gasteiger partial charge in [0.2, 0.25) is 0 Å². The number of aryl methyl sites for hydroxylation is 1. The molecule has 3 rings (SSSR count). The van der Waals surface area contributed by atoms with E-state index in [9.17, 15) is 0 Å². The summed E-state index contributed by atoms with van der Waals surface area (Å²) in [4.78, 5) is 2.56. The van der Waals surface area contributed by atoms with Crippen LogP contribution in [-0.2, 0) is 0 Å². The second-order valence-electron chi connectivity index (χ2n) is 5.55. The predicted octanol–water partition coefficient (Wildman–Crippen LogP) is 2.48. The van der Waals surface area contributed by atoms with Gasteiger partial charge in [0.05, 0.1) is 6.04 Å². The summed E-state index contributed by atoms with van der Waals surface area (Å²) in [6, 6.07) is 6.05. The summed E-state index contributed by atoms with van der Waals surface area (Å²) >= 11 is 0.